The third-order valence-corrected chi connectivity index (χ3v) is 29.8. The maximum Gasteiger partial charge on any atom is 0.338 e. The molecule has 25 nitrogen and oxygen atoms in total. The van der Waals surface area contributed by atoms with Crippen LogP contribution in [0.15, 0.2) is 222 Å². The van der Waals surface area contributed by atoms with E-state index < -0.39 is 76.0 Å². The van der Waals surface area contributed by atoms with E-state index in [4.69, 9.17) is 140 Å². The Hall–Kier alpha value is -11.6. The minimum atomic E-state index is -1.98. The van der Waals surface area contributed by atoms with Crippen LogP contribution in [0.3, 0.4) is 0 Å². The van der Waals surface area contributed by atoms with Crippen molar-refractivity contribution in [2.45, 2.75) is 199 Å². The molecule has 0 saturated carbocycles. The van der Waals surface area contributed by atoms with Crippen LogP contribution in [0.2, 0.25) is 50.2 Å². The van der Waals surface area contributed by atoms with Crippen molar-refractivity contribution < 1.29 is 66.1 Å². The van der Waals surface area contributed by atoms with E-state index in [-0.39, 0.29) is 138 Å². The van der Waals surface area contributed by atoms with Crippen LogP contribution >= 0.6 is 128 Å². The molecule has 2 heterocycles. The molecule has 8 amide bonds. The van der Waals surface area contributed by atoms with Crippen LogP contribution in [0.5, 0.6) is 17.2 Å². The summed E-state index contributed by atoms with van der Waals surface area (Å²) in [5, 5.41) is 30.5. The molecule has 11 aromatic rings. The Kier molecular flexibility index (Phi) is 45.1. The Balaban J connectivity index is 0.000000217. The predicted molar refractivity (Wildman–Crippen MR) is 593 cm³/mol. The van der Waals surface area contributed by atoms with Crippen molar-refractivity contribution in [3.05, 3.63) is 318 Å². The second-order valence-electron chi connectivity index (χ2n) is 34.9. The average Bonchev–Trinajstić information content (AvgIpc) is 1.62. The number of aryl methyl sites for hydroxylation is 4. The number of nitrogens with zero attached hydrogens (tertiary/aromatic N) is 6. The summed E-state index contributed by atoms with van der Waals surface area (Å²) in [5.74, 6) is -3.96. The second kappa shape index (κ2) is 57.3. The third kappa shape index (κ3) is 32.5. The van der Waals surface area contributed by atoms with Crippen LogP contribution < -0.4 is 44.9 Å². The molecule has 772 valence electrons. The fourth-order valence-corrected chi connectivity index (χ4v) is 20.1. The van der Waals surface area contributed by atoms with Crippen LogP contribution in [-0.4, -0.2) is 115 Å². The van der Waals surface area contributed by atoms with Crippen molar-refractivity contribution in [1.29, 1.82) is 5.26 Å². The number of phenolic OH excluding ortho intramolecular Hbond substituents is 1. The van der Waals surface area contributed by atoms with Crippen LogP contribution in [0, 0.1) is 39.0 Å². The highest BCUT2D eigenvalue weighted by molar-refractivity contribution is 8.01. The molecule has 0 spiro atoms. The number of imide groups is 1. The number of anilines is 6. The van der Waals surface area contributed by atoms with Gasteiger partial charge >= 0.3 is 23.3 Å². The highest BCUT2D eigenvalue weighted by Gasteiger charge is 2.48. The van der Waals surface area contributed by atoms with Gasteiger partial charge in [0.05, 0.1) is 96.3 Å². The molecule has 13 rings (SSSR count). The van der Waals surface area contributed by atoms with Gasteiger partial charge in [-0.15, -0.1) is 11.8 Å². The number of ether oxygens (including phenoxy) is 2. The van der Waals surface area contributed by atoms with Crippen molar-refractivity contribution in [2.75, 3.05) is 50.3 Å². The number of unbranched alkanes of at least 4 members (excludes halogenated alkanes) is 15. The number of esters is 1. The van der Waals surface area contributed by atoms with Crippen molar-refractivity contribution in [3.63, 3.8) is 0 Å². The topological polar surface area (TPSA) is 328 Å². The van der Waals surface area contributed by atoms with Gasteiger partial charge in [-0.25, -0.2) is 24.5 Å². The maximum atomic E-state index is 14.7. The average molecular weight is 2230 g/mol. The monoisotopic (exact) mass is 2220 g/mol. The van der Waals surface area contributed by atoms with Gasteiger partial charge in [-0.3, -0.25) is 43.3 Å². The number of carbonyl (C=O) groups is 9. The summed E-state index contributed by atoms with van der Waals surface area (Å²) < 4.78 is 33.4. The number of amidine groups is 1. The molecule has 6 N–H and O–H groups in total. The molecule has 4 atom stereocenters. The van der Waals surface area contributed by atoms with E-state index in [0.717, 1.165) is 115 Å². The minimum absolute atomic E-state index is 0.0435. The number of hydrazine groups is 1. The van der Waals surface area contributed by atoms with Crippen LogP contribution in [-0.2, 0) is 41.7 Å². The van der Waals surface area contributed by atoms with E-state index >= 15 is 0 Å². The first-order valence-electron chi connectivity index (χ1n) is 48.0. The largest absolute Gasteiger partial charge is 0.506 e. The summed E-state index contributed by atoms with van der Waals surface area (Å²) in [7, 11) is 0. The van der Waals surface area contributed by atoms with E-state index in [1.807, 2.05) is 120 Å². The quantitative estimate of drug-likeness (QED) is 0.00302. The summed E-state index contributed by atoms with van der Waals surface area (Å²) >= 11 is 63.4. The lowest BCUT2D eigenvalue weighted by Crippen LogP contribution is -2.52. The molecule has 37 heteroatoms. The summed E-state index contributed by atoms with van der Waals surface area (Å²) in [6, 6.07) is 57.7. The van der Waals surface area contributed by atoms with Gasteiger partial charge in [0.25, 0.3) is 35.4 Å². The molecule has 147 heavy (non-hydrogen) atoms. The second-order valence-corrected chi connectivity index (χ2v) is 41.0. The summed E-state index contributed by atoms with van der Waals surface area (Å²) in [6.07, 6.45) is 19.3. The summed E-state index contributed by atoms with van der Waals surface area (Å²) in [5.41, 5.74) is 10.1. The Bertz CT molecular complexity index is 6620. The van der Waals surface area contributed by atoms with Crippen LogP contribution in [0.25, 0.3) is 0 Å². The van der Waals surface area contributed by atoms with Gasteiger partial charge < -0.3 is 44.9 Å². The Labute approximate surface area is 913 Å². The fourth-order valence-electron chi connectivity index (χ4n) is 15.6. The molecule has 11 aromatic carbocycles. The Morgan fingerprint density at radius 1 is 0.544 bits per heavy atom. The minimum Gasteiger partial charge on any atom is -0.506 e. The molecule has 2 saturated heterocycles. The van der Waals surface area contributed by atoms with Crippen LogP contribution in [0.1, 0.15) is 218 Å². The molecule has 0 bridgehead atoms. The molecule has 2 fully saturated rings. The van der Waals surface area contributed by atoms with Gasteiger partial charge in [-0.1, -0.05) is 347 Å². The molecule has 0 aromatic heterocycles. The standard InChI is InChI=1S/C43H37Cl8N5O4S2.C39H46ClN3O6.C28H28ClN3O4/c1-3-4-5-6-7-10-22-55(62(59)60-26-19-16-24(2)17-20-26)31-14-8-9-15-32(31)61-40-41(54-56(43(40)58)39-37(50)35(48)34(47)36(49)38(39)51)53-30-23-25(18-21-27(30)44)52-42(57)33-28(45)12-11-13-29(33)46;1-3-4-5-6-7-8-9-10-11-15-24-49-38(47)31-22-23-32(40)33(25-31)41-37(46)35(36(45)30-20-18-28(2)19-21-30)43-34(44)27-42(39(43)48)26-29-16-13-12-14-17-29;1-4-5-6-26(36-25-12-7-17(2)13-18(25)3)28(35)31-21-9-11-23(24(33)15-21)32-27(34)19-8-10-22(29)20(14-19)16-30/h8-9,11-21,23,40H,3-7,10,22H2,1-2H3,(H,52,57)(H,53,54);12-14,16-23,25,35H,3-11,15,24,26-27H2,1-2H3,(H,41,46);7-15,26,33H,4-6H2,1-3H3,(H,31,35)(H,32,34). The highest BCUT2D eigenvalue weighted by atomic mass is 35.5. The molecule has 0 aliphatic carbocycles. The van der Waals surface area contributed by atoms with Gasteiger partial charge in [0.15, 0.2) is 17.9 Å². The first kappa shape index (κ1) is 116. The Morgan fingerprint density at radius 2 is 1.12 bits per heavy atom. The molecular formula is C110H111Cl10N11O14S2. The number of halogens is 10. The number of rotatable bonds is 45. The number of aliphatic imine (C=N–C) groups is 1. The fraction of sp³-hybridized carbons (Fsp3) is 0.300. The van der Waals surface area contributed by atoms with Gasteiger partial charge in [0.2, 0.25) is 0 Å². The SMILES string of the molecule is CCCCC(Oc1ccc(C)cc1C)C(=O)Nc1ccc(NC(=O)c2ccc(Cl)c(C#N)c2)c(O)c1.CCCCCCCCCCCCOC(=O)c1ccc(Cl)c(NC(=O)C(C(=O)c2ccc(C)cc2)N2C(=O)CN(Cc3ccccc3)C2=O)c1.CCCCCCCCN(c1ccccc1SC1C(=O)N(c2c(Cl)c(Cl)c(Cl)c(Cl)c2Cl)NC1=Nc1cc(NC(=O)c2c(Cl)cccc2Cl)ccc1Cl)S(=O)Oc1ccc(C)cc1. The molecular weight excluding hydrogens is 2120 g/mol. The molecule has 0 radical (unpaired) electrons. The number of hydrogen-bond acceptors (Lipinski definition) is 17. The van der Waals surface area contributed by atoms with Crippen LogP contribution in [0.4, 0.5) is 44.6 Å². The van der Waals surface area contributed by atoms with Crippen molar-refractivity contribution >= 4 is 238 Å². The number of nitrogens with one attached hydrogen (secondary N) is 5. The lowest BCUT2D eigenvalue weighted by Gasteiger charge is -2.25. The van der Waals surface area contributed by atoms with E-state index in [0.29, 0.717) is 51.3 Å². The first-order chi connectivity index (χ1) is 70.6. The zero-order valence-corrected chi connectivity index (χ0v) is 90.9. The van der Waals surface area contributed by atoms with Gasteiger partial charge in [-0.05, 0) is 174 Å². The molecule has 4 unspecified atom stereocenters. The molecule has 2 aliphatic rings. The summed E-state index contributed by atoms with van der Waals surface area (Å²) in [4.78, 5) is 128. The number of aromatic hydroxyl groups is 1. The van der Waals surface area contributed by atoms with Crippen molar-refractivity contribution in [3.8, 4) is 23.3 Å². The first-order valence-corrected chi connectivity index (χ1v) is 53.7. The molecule has 2 aliphatic heterocycles. The van der Waals surface area contributed by atoms with Gasteiger partial charge in [-0.2, -0.15) is 9.47 Å². The number of amides is 8. The normalized spacial score (nSPS) is 13.5. The van der Waals surface area contributed by atoms with E-state index in [1.165, 1.54) is 111 Å². The maximum absolute atomic E-state index is 14.7. The predicted octanol–water partition coefficient (Wildman–Crippen LogP) is 29.8. The number of Topliss-reactive ketones (excluding diaryl/α,β-unsaturated/α-hetero) is 1. The number of phenols is 1. The smallest absolute Gasteiger partial charge is 0.338 e. The Morgan fingerprint density at radius 3 is 1.76 bits per heavy atom. The van der Waals surface area contributed by atoms with Gasteiger partial charge in [0.1, 0.15) is 46.6 Å². The number of nitriles is 1. The van der Waals surface area contributed by atoms with E-state index in [9.17, 15) is 52.5 Å². The van der Waals surface area contributed by atoms with Crippen molar-refractivity contribution in [1.82, 2.24) is 15.2 Å². The summed E-state index contributed by atoms with van der Waals surface area (Å²) in [6.45, 7) is 14.7. The van der Waals surface area contributed by atoms with Gasteiger partial charge in [0, 0.05) is 46.6 Å². The lowest BCUT2D eigenvalue weighted by molar-refractivity contribution is -0.131. The zero-order chi connectivity index (χ0) is 106. The van der Waals surface area contributed by atoms with E-state index in [1.54, 1.807) is 77.1 Å². The number of para-hydroxylation sites is 1. The van der Waals surface area contributed by atoms with E-state index in [2.05, 4.69) is 40.5 Å². The zero-order valence-electron chi connectivity index (χ0n) is 81.7. The number of urea groups is 1. The number of carbonyl (C=O) groups excluding carboxylic acids is 9. The number of thioether (sulfide) groups is 1. The van der Waals surface area contributed by atoms with Crippen molar-refractivity contribution in [2.24, 2.45) is 4.99 Å². The third-order valence-electron chi connectivity index (χ3n) is 23.6. The number of benzene rings is 11. The number of hydrogen-bond donors (Lipinski definition) is 6. The highest BCUT2D eigenvalue weighted by Crippen LogP contribution is 2.50. The lowest BCUT2D eigenvalue weighted by atomic mass is 10.0. The number of ketones is 1.